The molecule has 288 valence electrons. The summed E-state index contributed by atoms with van der Waals surface area (Å²) in [6.07, 6.45) is 2.22. The third-order valence-electron chi connectivity index (χ3n) is 11.0. The molecule has 0 atom stereocenters. The van der Waals surface area contributed by atoms with Gasteiger partial charge in [0.05, 0.1) is 11.4 Å². The Hall–Kier alpha value is -8.28. The lowest BCUT2D eigenvalue weighted by Gasteiger charge is -2.26. The molecule has 0 saturated carbocycles. The van der Waals surface area contributed by atoms with Crippen molar-refractivity contribution >= 4 is 28.8 Å². The molecule has 1 aromatic heterocycles. The Morgan fingerprint density at radius 3 is 1.33 bits per heavy atom. The smallest absolute Gasteiger partial charge is 0.164 e. The molecule has 0 bridgehead atoms. The highest BCUT2D eigenvalue weighted by Crippen LogP contribution is 2.39. The largest absolute Gasteiger partial charge is 0.354 e. The summed E-state index contributed by atoms with van der Waals surface area (Å²) in [5.41, 5.74) is 15.4. The SMILES string of the molecule is N=C(/C(=C1\NC(c2ccccc2)=Cc2cc(-c3cccc(-c4ccc(-c5nc(-c6ccccc6)nc(-c6ccccc6)n5)cc4)c3)ccc21)c1ccccc1)c1ccccc1. The fraction of sp³-hybridized carbons (Fsp3) is 0. The Balaban J connectivity index is 1.03. The molecule has 0 spiro atoms. The van der Waals surface area contributed by atoms with Crippen molar-refractivity contribution in [3.63, 3.8) is 0 Å². The Morgan fingerprint density at radius 1 is 0.361 bits per heavy atom. The minimum Gasteiger partial charge on any atom is -0.354 e. The zero-order valence-corrected chi connectivity index (χ0v) is 33.2. The van der Waals surface area contributed by atoms with Crippen molar-refractivity contribution in [2.24, 2.45) is 0 Å². The van der Waals surface area contributed by atoms with Crippen LogP contribution < -0.4 is 5.32 Å². The minimum absolute atomic E-state index is 0.459. The second-order valence-corrected chi connectivity index (χ2v) is 14.9. The lowest BCUT2D eigenvalue weighted by molar-refractivity contribution is 1.07. The van der Waals surface area contributed by atoms with E-state index in [0.717, 1.165) is 83.7 Å². The highest BCUT2D eigenvalue weighted by Gasteiger charge is 2.24. The van der Waals surface area contributed by atoms with Crippen LogP contribution in [0.2, 0.25) is 0 Å². The second-order valence-electron chi connectivity index (χ2n) is 14.9. The molecular formula is C56H39N5. The summed E-state index contributed by atoms with van der Waals surface area (Å²) in [6, 6.07) is 74.5. The Morgan fingerprint density at radius 2 is 0.770 bits per heavy atom. The zero-order chi connectivity index (χ0) is 41.0. The second kappa shape index (κ2) is 16.5. The normalized spacial score (nSPS) is 12.8. The predicted molar refractivity (Wildman–Crippen MR) is 251 cm³/mol. The van der Waals surface area contributed by atoms with Crippen LogP contribution in [0.3, 0.4) is 0 Å². The minimum atomic E-state index is 0.459. The molecule has 2 heterocycles. The molecule has 0 saturated heterocycles. The number of allylic oxidation sites excluding steroid dienone is 1. The van der Waals surface area contributed by atoms with Gasteiger partial charge in [0.15, 0.2) is 17.5 Å². The molecule has 5 nitrogen and oxygen atoms in total. The van der Waals surface area contributed by atoms with Crippen molar-refractivity contribution < 1.29 is 0 Å². The lowest BCUT2D eigenvalue weighted by Crippen LogP contribution is -2.20. The van der Waals surface area contributed by atoms with Crippen molar-refractivity contribution in [2.45, 2.75) is 0 Å². The molecule has 10 rings (SSSR count). The Bertz CT molecular complexity index is 3010. The molecule has 61 heavy (non-hydrogen) atoms. The van der Waals surface area contributed by atoms with E-state index < -0.39 is 0 Å². The maximum absolute atomic E-state index is 9.58. The standard InChI is InChI=1S/C56H39N5/c57-52(41-21-10-3-11-22-41)51(40-19-8-2-9-20-40)53-49-34-33-47(36-48(49)37-50(58-53)39-17-6-1-7-18-39)46-28-16-27-45(35-46)38-29-31-44(32-30-38)56-60-54(42-23-12-4-13-24-42)59-55(61-56)43-25-14-5-15-26-43/h1-37,57-58H/b53-51-,57-52?. The molecule has 8 aromatic carbocycles. The molecule has 1 aliphatic rings. The van der Waals surface area contributed by atoms with Gasteiger partial charge in [-0.25, -0.2) is 15.0 Å². The molecule has 0 fully saturated rings. The Labute approximate surface area is 355 Å². The maximum atomic E-state index is 9.58. The van der Waals surface area contributed by atoms with Gasteiger partial charge < -0.3 is 5.32 Å². The van der Waals surface area contributed by atoms with Crippen molar-refractivity contribution in [1.29, 1.82) is 5.41 Å². The first-order chi connectivity index (χ1) is 30.1. The van der Waals surface area contributed by atoms with Gasteiger partial charge in [0, 0.05) is 39.1 Å². The molecule has 0 unspecified atom stereocenters. The highest BCUT2D eigenvalue weighted by atomic mass is 15.0. The summed E-state index contributed by atoms with van der Waals surface area (Å²) >= 11 is 0. The van der Waals surface area contributed by atoms with Crippen LogP contribution in [0.4, 0.5) is 0 Å². The van der Waals surface area contributed by atoms with E-state index in [-0.39, 0.29) is 0 Å². The van der Waals surface area contributed by atoms with E-state index in [9.17, 15) is 5.41 Å². The van der Waals surface area contributed by atoms with Gasteiger partial charge >= 0.3 is 0 Å². The number of nitrogens with zero attached hydrogens (tertiary/aromatic N) is 3. The lowest BCUT2D eigenvalue weighted by atomic mass is 9.86. The first kappa shape index (κ1) is 37.0. The van der Waals surface area contributed by atoms with E-state index in [2.05, 4.69) is 115 Å². The molecule has 5 heteroatoms. The zero-order valence-electron chi connectivity index (χ0n) is 33.2. The van der Waals surface area contributed by atoms with Crippen molar-refractivity contribution in [3.8, 4) is 56.4 Å². The number of hydrogen-bond donors (Lipinski definition) is 2. The summed E-state index contributed by atoms with van der Waals surface area (Å²) in [4.78, 5) is 14.7. The van der Waals surface area contributed by atoms with E-state index in [1.165, 1.54) is 0 Å². The molecular weight excluding hydrogens is 743 g/mol. The van der Waals surface area contributed by atoms with Gasteiger partial charge in [-0.1, -0.05) is 206 Å². The summed E-state index contributed by atoms with van der Waals surface area (Å²) in [7, 11) is 0. The average molecular weight is 782 g/mol. The molecule has 2 N–H and O–H groups in total. The summed E-state index contributed by atoms with van der Waals surface area (Å²) in [5.74, 6) is 1.91. The highest BCUT2D eigenvalue weighted by molar-refractivity contribution is 6.36. The predicted octanol–water partition coefficient (Wildman–Crippen LogP) is 13.2. The molecule has 9 aromatic rings. The average Bonchev–Trinajstić information content (AvgIpc) is 3.35. The number of fused-ring (bicyclic) bond motifs is 1. The summed E-state index contributed by atoms with van der Waals surface area (Å²) < 4.78 is 0. The third-order valence-corrected chi connectivity index (χ3v) is 11.0. The van der Waals surface area contributed by atoms with Crippen LogP contribution in [-0.2, 0) is 0 Å². The van der Waals surface area contributed by atoms with Crippen LogP contribution in [0.15, 0.2) is 218 Å². The Kier molecular flexibility index (Phi) is 10.0. The monoisotopic (exact) mass is 781 g/mol. The van der Waals surface area contributed by atoms with E-state index in [0.29, 0.717) is 23.2 Å². The van der Waals surface area contributed by atoms with E-state index >= 15 is 0 Å². The van der Waals surface area contributed by atoms with Crippen LogP contribution in [0.5, 0.6) is 0 Å². The van der Waals surface area contributed by atoms with Gasteiger partial charge in [-0.05, 0) is 57.2 Å². The van der Waals surface area contributed by atoms with Crippen LogP contribution in [-0.4, -0.2) is 20.7 Å². The summed E-state index contributed by atoms with van der Waals surface area (Å²) in [5, 5.41) is 13.4. The molecule has 1 aliphatic heterocycles. The first-order valence-corrected chi connectivity index (χ1v) is 20.4. The van der Waals surface area contributed by atoms with E-state index in [4.69, 9.17) is 15.0 Å². The van der Waals surface area contributed by atoms with Gasteiger partial charge in [0.25, 0.3) is 0 Å². The van der Waals surface area contributed by atoms with Gasteiger partial charge in [0.1, 0.15) is 0 Å². The topological polar surface area (TPSA) is 74.6 Å². The van der Waals surface area contributed by atoms with E-state index in [1.54, 1.807) is 0 Å². The number of rotatable bonds is 9. The van der Waals surface area contributed by atoms with Gasteiger partial charge in [-0.15, -0.1) is 0 Å². The fourth-order valence-electron chi connectivity index (χ4n) is 7.85. The van der Waals surface area contributed by atoms with Crippen LogP contribution in [0.1, 0.15) is 27.8 Å². The quantitative estimate of drug-likeness (QED) is 0.143. The van der Waals surface area contributed by atoms with Crippen LogP contribution in [0.25, 0.3) is 79.5 Å². The fourth-order valence-corrected chi connectivity index (χ4v) is 7.85. The number of benzene rings is 8. The first-order valence-electron chi connectivity index (χ1n) is 20.4. The van der Waals surface area contributed by atoms with Crippen LogP contribution >= 0.6 is 0 Å². The van der Waals surface area contributed by atoms with Crippen molar-refractivity contribution in [1.82, 2.24) is 20.3 Å². The van der Waals surface area contributed by atoms with Crippen molar-refractivity contribution in [3.05, 3.63) is 246 Å². The van der Waals surface area contributed by atoms with Crippen molar-refractivity contribution in [2.75, 3.05) is 0 Å². The molecule has 0 amide bonds. The maximum Gasteiger partial charge on any atom is 0.164 e. The van der Waals surface area contributed by atoms with Gasteiger partial charge in [0.2, 0.25) is 0 Å². The number of hydrogen-bond acceptors (Lipinski definition) is 5. The molecule has 0 aliphatic carbocycles. The number of aromatic nitrogens is 3. The van der Waals surface area contributed by atoms with Gasteiger partial charge in [-0.3, -0.25) is 5.41 Å². The molecule has 0 radical (unpaired) electrons. The van der Waals surface area contributed by atoms with E-state index in [1.807, 2.05) is 115 Å². The van der Waals surface area contributed by atoms with Crippen LogP contribution in [0, 0.1) is 5.41 Å². The van der Waals surface area contributed by atoms with Gasteiger partial charge in [-0.2, -0.15) is 0 Å². The third kappa shape index (κ3) is 7.72. The number of nitrogens with one attached hydrogen (secondary N) is 2. The summed E-state index contributed by atoms with van der Waals surface area (Å²) in [6.45, 7) is 0.